The van der Waals surface area contributed by atoms with Gasteiger partial charge in [0.25, 0.3) is 5.91 Å². The van der Waals surface area contributed by atoms with E-state index < -0.39 is 11.9 Å². The standard InChI is InChI=1S/C13H11N3O3S/c1-6-11-7(9(4-14)20-6)5-16(13(11)19)8-2-3-10(17)15-12(8)18/h8H,2-3,5H2,1H3,(H,15,17,18). The zero-order chi connectivity index (χ0) is 14.4. The van der Waals surface area contributed by atoms with Crippen LogP contribution in [-0.2, 0) is 16.1 Å². The molecule has 1 fully saturated rings. The van der Waals surface area contributed by atoms with E-state index in [2.05, 4.69) is 11.4 Å². The number of rotatable bonds is 1. The number of nitrogens with zero attached hydrogens (tertiary/aromatic N) is 2. The van der Waals surface area contributed by atoms with Crippen LogP contribution in [0.1, 0.15) is 38.5 Å². The van der Waals surface area contributed by atoms with E-state index in [-0.39, 0.29) is 24.8 Å². The minimum absolute atomic E-state index is 0.218. The number of amides is 3. The largest absolute Gasteiger partial charge is 0.322 e. The first-order chi connectivity index (χ1) is 9.52. The molecular formula is C13H11N3O3S. The van der Waals surface area contributed by atoms with Gasteiger partial charge in [-0.15, -0.1) is 11.3 Å². The van der Waals surface area contributed by atoms with Crippen molar-refractivity contribution in [2.45, 2.75) is 32.4 Å². The van der Waals surface area contributed by atoms with Crippen molar-refractivity contribution in [3.8, 4) is 6.07 Å². The second-order valence-electron chi connectivity index (χ2n) is 4.85. The maximum atomic E-state index is 12.4. The van der Waals surface area contributed by atoms with E-state index in [1.165, 1.54) is 16.2 Å². The first kappa shape index (κ1) is 12.8. The van der Waals surface area contributed by atoms with Gasteiger partial charge in [0, 0.05) is 23.4 Å². The van der Waals surface area contributed by atoms with Crippen LogP contribution in [0.15, 0.2) is 0 Å². The molecule has 20 heavy (non-hydrogen) atoms. The molecule has 1 saturated heterocycles. The third kappa shape index (κ3) is 1.72. The Bertz CT molecular complexity index is 686. The van der Waals surface area contributed by atoms with Gasteiger partial charge in [0.2, 0.25) is 11.8 Å². The number of imide groups is 1. The fourth-order valence-electron chi connectivity index (χ4n) is 2.73. The lowest BCUT2D eigenvalue weighted by molar-refractivity contribution is -0.136. The molecule has 1 unspecified atom stereocenters. The number of piperidine rings is 1. The van der Waals surface area contributed by atoms with Gasteiger partial charge in [-0.1, -0.05) is 0 Å². The highest BCUT2D eigenvalue weighted by molar-refractivity contribution is 7.13. The molecule has 0 aromatic carbocycles. The minimum atomic E-state index is -0.622. The Labute approximate surface area is 119 Å². The summed E-state index contributed by atoms with van der Waals surface area (Å²) in [5, 5.41) is 11.3. The Morgan fingerprint density at radius 3 is 2.80 bits per heavy atom. The van der Waals surface area contributed by atoms with Crippen molar-refractivity contribution in [3.63, 3.8) is 0 Å². The lowest BCUT2D eigenvalue weighted by Crippen LogP contribution is -2.52. The Hall–Kier alpha value is -2.20. The highest BCUT2D eigenvalue weighted by Crippen LogP contribution is 2.36. The summed E-state index contributed by atoms with van der Waals surface area (Å²) in [5.74, 6) is -0.953. The summed E-state index contributed by atoms with van der Waals surface area (Å²) in [4.78, 5) is 38.3. The summed E-state index contributed by atoms with van der Waals surface area (Å²) in [6.07, 6.45) is 0.572. The van der Waals surface area contributed by atoms with Crippen molar-refractivity contribution < 1.29 is 14.4 Å². The zero-order valence-corrected chi connectivity index (χ0v) is 11.5. The predicted molar refractivity (Wildman–Crippen MR) is 69.8 cm³/mol. The number of hydrogen-bond donors (Lipinski definition) is 1. The monoisotopic (exact) mass is 289 g/mol. The van der Waals surface area contributed by atoms with Crippen LogP contribution in [0, 0.1) is 18.3 Å². The number of nitriles is 1. The van der Waals surface area contributed by atoms with Crippen LogP contribution < -0.4 is 5.32 Å². The quantitative estimate of drug-likeness (QED) is 0.770. The van der Waals surface area contributed by atoms with Crippen molar-refractivity contribution in [1.29, 1.82) is 5.26 Å². The number of thiophene rings is 1. The summed E-state index contributed by atoms with van der Waals surface area (Å²) in [6.45, 7) is 2.07. The number of hydrogen-bond acceptors (Lipinski definition) is 5. The van der Waals surface area contributed by atoms with Gasteiger partial charge in [-0.2, -0.15) is 5.26 Å². The normalized spacial score (nSPS) is 21.7. The average Bonchev–Trinajstić information content (AvgIpc) is 2.89. The van der Waals surface area contributed by atoms with Gasteiger partial charge in [-0.3, -0.25) is 19.7 Å². The second-order valence-corrected chi connectivity index (χ2v) is 6.08. The smallest absolute Gasteiger partial charge is 0.256 e. The second kappa shape index (κ2) is 4.42. The lowest BCUT2D eigenvalue weighted by Gasteiger charge is -2.29. The van der Waals surface area contributed by atoms with Gasteiger partial charge >= 0.3 is 0 Å². The molecule has 7 heteroatoms. The molecule has 3 rings (SSSR count). The maximum Gasteiger partial charge on any atom is 0.256 e. The van der Waals surface area contributed by atoms with Gasteiger partial charge in [-0.25, -0.2) is 0 Å². The number of nitrogens with one attached hydrogen (secondary N) is 1. The van der Waals surface area contributed by atoms with Crippen LogP contribution in [0.25, 0.3) is 0 Å². The molecule has 1 N–H and O–H groups in total. The highest BCUT2D eigenvalue weighted by Gasteiger charge is 2.41. The van der Waals surface area contributed by atoms with Crippen molar-refractivity contribution in [2.75, 3.05) is 0 Å². The van der Waals surface area contributed by atoms with Gasteiger partial charge in [0.05, 0.1) is 5.56 Å². The zero-order valence-electron chi connectivity index (χ0n) is 10.7. The number of carbonyl (C=O) groups excluding carboxylic acids is 3. The van der Waals surface area contributed by atoms with Crippen molar-refractivity contribution in [1.82, 2.24) is 10.2 Å². The number of fused-ring (bicyclic) bond motifs is 1. The Morgan fingerprint density at radius 2 is 2.15 bits per heavy atom. The molecule has 0 saturated carbocycles. The SMILES string of the molecule is Cc1sc(C#N)c2c1C(=O)N(C1CCC(=O)NC1=O)C2. The van der Waals surface area contributed by atoms with Crippen LogP contribution in [0.5, 0.6) is 0 Å². The summed E-state index contributed by atoms with van der Waals surface area (Å²) in [6, 6.07) is 1.47. The first-order valence-corrected chi connectivity index (χ1v) is 7.01. The van der Waals surface area contributed by atoms with Crippen molar-refractivity contribution in [2.24, 2.45) is 0 Å². The molecule has 1 atom stereocenters. The molecule has 0 bridgehead atoms. The van der Waals surface area contributed by atoms with E-state index in [4.69, 9.17) is 5.26 Å². The van der Waals surface area contributed by atoms with Gasteiger partial charge in [-0.05, 0) is 13.3 Å². The molecule has 3 heterocycles. The Kier molecular flexibility index (Phi) is 2.83. The third-order valence-electron chi connectivity index (χ3n) is 3.67. The van der Waals surface area contributed by atoms with Crippen molar-refractivity contribution >= 4 is 29.1 Å². The fourth-order valence-corrected chi connectivity index (χ4v) is 3.68. The van der Waals surface area contributed by atoms with Crippen LogP contribution >= 0.6 is 11.3 Å². The molecular weight excluding hydrogens is 278 g/mol. The molecule has 1 aromatic rings. The molecule has 0 spiro atoms. The summed E-state index contributed by atoms with van der Waals surface area (Å²) < 4.78 is 0. The molecule has 2 aliphatic heterocycles. The van der Waals surface area contributed by atoms with Gasteiger partial charge in [0.1, 0.15) is 17.0 Å². The highest BCUT2D eigenvalue weighted by atomic mass is 32.1. The van der Waals surface area contributed by atoms with Crippen molar-refractivity contribution in [3.05, 3.63) is 20.9 Å². The maximum absolute atomic E-state index is 12.4. The number of carbonyl (C=O) groups is 3. The van der Waals surface area contributed by atoms with E-state index in [1.807, 2.05) is 0 Å². The third-order valence-corrected chi connectivity index (χ3v) is 4.73. The van der Waals surface area contributed by atoms with Crippen LogP contribution in [-0.4, -0.2) is 28.7 Å². The van der Waals surface area contributed by atoms with Gasteiger partial charge < -0.3 is 4.90 Å². The molecule has 102 valence electrons. The van der Waals surface area contributed by atoms with E-state index in [9.17, 15) is 14.4 Å². The molecule has 0 aliphatic carbocycles. The fraction of sp³-hybridized carbons (Fsp3) is 0.385. The van der Waals surface area contributed by atoms with Crippen LogP contribution in [0.3, 0.4) is 0 Å². The number of aryl methyl sites for hydroxylation is 1. The molecule has 2 aliphatic rings. The molecule has 3 amide bonds. The topological polar surface area (TPSA) is 90.3 Å². The molecule has 1 aromatic heterocycles. The van der Waals surface area contributed by atoms with E-state index in [0.29, 0.717) is 22.4 Å². The predicted octanol–water partition coefficient (Wildman–Crippen LogP) is 0.689. The summed E-state index contributed by atoms with van der Waals surface area (Å²) in [7, 11) is 0. The Morgan fingerprint density at radius 1 is 1.40 bits per heavy atom. The molecule has 0 radical (unpaired) electrons. The summed E-state index contributed by atoms with van der Waals surface area (Å²) in [5.41, 5.74) is 1.26. The van der Waals surface area contributed by atoms with E-state index >= 15 is 0 Å². The minimum Gasteiger partial charge on any atom is -0.322 e. The lowest BCUT2D eigenvalue weighted by atomic mass is 10.0. The Balaban J connectivity index is 1.93. The van der Waals surface area contributed by atoms with Crippen LogP contribution in [0.2, 0.25) is 0 Å². The molecule has 6 nitrogen and oxygen atoms in total. The van der Waals surface area contributed by atoms with Gasteiger partial charge in [0.15, 0.2) is 0 Å². The van der Waals surface area contributed by atoms with Crippen LogP contribution in [0.4, 0.5) is 0 Å². The van der Waals surface area contributed by atoms with E-state index in [1.54, 1.807) is 6.92 Å². The van der Waals surface area contributed by atoms with E-state index in [0.717, 1.165) is 4.88 Å². The summed E-state index contributed by atoms with van der Waals surface area (Å²) >= 11 is 1.31. The first-order valence-electron chi connectivity index (χ1n) is 6.20. The average molecular weight is 289 g/mol.